The fourth-order valence-electron chi connectivity index (χ4n) is 1.83. The number of amides is 1. The van der Waals surface area contributed by atoms with Gasteiger partial charge in [0, 0.05) is 12.6 Å². The maximum Gasteiger partial charge on any atom is 0.282 e. The van der Waals surface area contributed by atoms with Crippen LogP contribution in [0.5, 0.6) is 0 Å². The third kappa shape index (κ3) is 2.65. The standard InChI is InChI=1S/C14H17N3O2/c1-14(2,3)16-12(18)11-13(19)17(4)10-8-6-5-7-9(10)15-11/h5-8H,1-4H3,(H,16,18). The normalized spacial score (nSPS) is 11.6. The van der Waals surface area contributed by atoms with Crippen LogP contribution in [0.2, 0.25) is 0 Å². The van der Waals surface area contributed by atoms with Crippen LogP contribution in [-0.2, 0) is 7.05 Å². The van der Waals surface area contributed by atoms with Crippen LogP contribution in [-0.4, -0.2) is 21.0 Å². The molecule has 100 valence electrons. The van der Waals surface area contributed by atoms with Gasteiger partial charge in [0.25, 0.3) is 11.5 Å². The Labute approximate surface area is 111 Å². The van der Waals surface area contributed by atoms with Gasteiger partial charge >= 0.3 is 0 Å². The van der Waals surface area contributed by atoms with E-state index in [0.29, 0.717) is 11.0 Å². The number of aryl methyl sites for hydroxylation is 1. The van der Waals surface area contributed by atoms with Crippen LogP contribution in [0.4, 0.5) is 0 Å². The van der Waals surface area contributed by atoms with E-state index in [1.807, 2.05) is 32.9 Å². The zero-order valence-electron chi connectivity index (χ0n) is 11.5. The maximum absolute atomic E-state index is 12.1. The summed E-state index contributed by atoms with van der Waals surface area (Å²) in [5, 5.41) is 2.75. The van der Waals surface area contributed by atoms with Gasteiger partial charge in [-0.2, -0.15) is 0 Å². The van der Waals surface area contributed by atoms with Gasteiger partial charge in [-0.15, -0.1) is 0 Å². The van der Waals surface area contributed by atoms with E-state index in [0.717, 1.165) is 0 Å². The minimum absolute atomic E-state index is 0.0730. The summed E-state index contributed by atoms with van der Waals surface area (Å²) in [5.74, 6) is -0.446. The molecule has 2 rings (SSSR count). The second-order valence-corrected chi connectivity index (χ2v) is 5.52. The van der Waals surface area contributed by atoms with Crippen molar-refractivity contribution in [1.29, 1.82) is 0 Å². The van der Waals surface area contributed by atoms with Crippen LogP contribution in [0.1, 0.15) is 31.3 Å². The highest BCUT2D eigenvalue weighted by Crippen LogP contribution is 2.09. The van der Waals surface area contributed by atoms with E-state index in [2.05, 4.69) is 10.3 Å². The molecule has 0 saturated heterocycles. The number of carbonyl (C=O) groups is 1. The highest BCUT2D eigenvalue weighted by molar-refractivity contribution is 5.94. The van der Waals surface area contributed by atoms with E-state index in [1.54, 1.807) is 19.2 Å². The fourth-order valence-corrected chi connectivity index (χ4v) is 1.83. The van der Waals surface area contributed by atoms with E-state index in [1.165, 1.54) is 4.57 Å². The third-order valence-corrected chi connectivity index (χ3v) is 2.69. The number of fused-ring (bicyclic) bond motifs is 1. The van der Waals surface area contributed by atoms with E-state index in [9.17, 15) is 9.59 Å². The Morgan fingerprint density at radius 2 is 1.89 bits per heavy atom. The monoisotopic (exact) mass is 259 g/mol. The van der Waals surface area contributed by atoms with Gasteiger partial charge in [0.15, 0.2) is 5.69 Å². The average Bonchev–Trinajstić information content (AvgIpc) is 2.31. The summed E-state index contributed by atoms with van der Waals surface area (Å²) in [6, 6.07) is 7.24. The van der Waals surface area contributed by atoms with Crippen molar-refractivity contribution >= 4 is 16.9 Å². The lowest BCUT2D eigenvalue weighted by atomic mass is 10.1. The zero-order chi connectivity index (χ0) is 14.2. The van der Waals surface area contributed by atoms with Gasteiger partial charge in [-0.1, -0.05) is 12.1 Å². The zero-order valence-corrected chi connectivity index (χ0v) is 11.5. The Balaban J connectivity index is 2.59. The smallest absolute Gasteiger partial charge is 0.282 e. The van der Waals surface area contributed by atoms with E-state index >= 15 is 0 Å². The molecule has 0 spiro atoms. The SMILES string of the molecule is Cn1c(=O)c(C(=O)NC(C)(C)C)nc2ccccc21. The minimum atomic E-state index is -0.446. The molecular weight excluding hydrogens is 242 g/mol. The van der Waals surface area contributed by atoms with Crippen molar-refractivity contribution in [1.82, 2.24) is 14.9 Å². The molecule has 0 fully saturated rings. The Hall–Kier alpha value is -2.17. The number of hydrogen-bond acceptors (Lipinski definition) is 3. The molecule has 1 aromatic heterocycles. The molecule has 0 radical (unpaired) electrons. The molecule has 1 amide bonds. The van der Waals surface area contributed by atoms with Gasteiger partial charge in [0.1, 0.15) is 0 Å². The molecule has 19 heavy (non-hydrogen) atoms. The highest BCUT2D eigenvalue weighted by atomic mass is 16.2. The molecule has 1 N–H and O–H groups in total. The molecule has 0 aliphatic carbocycles. The molecule has 1 heterocycles. The van der Waals surface area contributed by atoms with Gasteiger partial charge in [-0.3, -0.25) is 9.59 Å². The van der Waals surface area contributed by atoms with Crippen molar-refractivity contribution in [2.24, 2.45) is 7.05 Å². The van der Waals surface area contributed by atoms with Crippen LogP contribution < -0.4 is 10.9 Å². The van der Waals surface area contributed by atoms with Crippen molar-refractivity contribution in [3.8, 4) is 0 Å². The van der Waals surface area contributed by atoms with E-state index in [-0.39, 0.29) is 11.3 Å². The van der Waals surface area contributed by atoms with Crippen LogP contribution in [0.3, 0.4) is 0 Å². The highest BCUT2D eigenvalue weighted by Gasteiger charge is 2.20. The van der Waals surface area contributed by atoms with Crippen molar-refractivity contribution < 1.29 is 4.79 Å². The van der Waals surface area contributed by atoms with Crippen molar-refractivity contribution in [3.05, 3.63) is 40.3 Å². The molecular formula is C14H17N3O2. The van der Waals surface area contributed by atoms with Crippen LogP contribution in [0.15, 0.2) is 29.1 Å². The summed E-state index contributed by atoms with van der Waals surface area (Å²) in [7, 11) is 1.64. The van der Waals surface area contributed by atoms with Crippen LogP contribution in [0, 0.1) is 0 Å². The summed E-state index contributed by atoms with van der Waals surface area (Å²) < 4.78 is 1.44. The summed E-state index contributed by atoms with van der Waals surface area (Å²) >= 11 is 0. The molecule has 0 atom stereocenters. The molecule has 0 bridgehead atoms. The molecule has 0 aliphatic heterocycles. The predicted molar refractivity (Wildman–Crippen MR) is 74.2 cm³/mol. The predicted octanol–water partition coefficient (Wildman–Crippen LogP) is 1.46. The number of para-hydroxylation sites is 2. The van der Waals surface area contributed by atoms with E-state index < -0.39 is 11.4 Å². The van der Waals surface area contributed by atoms with E-state index in [4.69, 9.17) is 0 Å². The topological polar surface area (TPSA) is 64.0 Å². The summed E-state index contributed by atoms with van der Waals surface area (Å²) in [6.07, 6.45) is 0. The molecule has 2 aromatic rings. The molecule has 0 saturated carbocycles. The van der Waals surface area contributed by atoms with Gasteiger partial charge in [-0.25, -0.2) is 4.98 Å². The molecule has 5 nitrogen and oxygen atoms in total. The molecule has 0 unspecified atom stereocenters. The van der Waals surface area contributed by atoms with Crippen molar-refractivity contribution in [2.75, 3.05) is 0 Å². The number of aromatic nitrogens is 2. The lowest BCUT2D eigenvalue weighted by Crippen LogP contribution is -2.43. The van der Waals surface area contributed by atoms with Crippen LogP contribution in [0.25, 0.3) is 11.0 Å². The first-order valence-corrected chi connectivity index (χ1v) is 6.08. The first-order valence-electron chi connectivity index (χ1n) is 6.08. The second kappa shape index (κ2) is 4.50. The lowest BCUT2D eigenvalue weighted by molar-refractivity contribution is 0.0912. The maximum atomic E-state index is 12.1. The molecule has 0 aliphatic rings. The summed E-state index contributed by atoms with van der Waals surface area (Å²) in [6.45, 7) is 5.57. The fraction of sp³-hybridized carbons (Fsp3) is 0.357. The van der Waals surface area contributed by atoms with Crippen molar-refractivity contribution in [2.45, 2.75) is 26.3 Å². The first-order chi connectivity index (χ1) is 8.79. The Morgan fingerprint density at radius 3 is 2.53 bits per heavy atom. The first kappa shape index (κ1) is 13.3. The van der Waals surface area contributed by atoms with Gasteiger partial charge < -0.3 is 9.88 Å². The van der Waals surface area contributed by atoms with Crippen molar-refractivity contribution in [3.63, 3.8) is 0 Å². The third-order valence-electron chi connectivity index (χ3n) is 2.69. The number of rotatable bonds is 1. The molecule has 5 heteroatoms. The second-order valence-electron chi connectivity index (χ2n) is 5.52. The number of hydrogen-bond donors (Lipinski definition) is 1. The number of carbonyl (C=O) groups excluding carboxylic acids is 1. The minimum Gasteiger partial charge on any atom is -0.346 e. The number of nitrogens with zero attached hydrogens (tertiary/aromatic N) is 2. The average molecular weight is 259 g/mol. The lowest BCUT2D eigenvalue weighted by Gasteiger charge is -2.20. The summed E-state index contributed by atoms with van der Waals surface area (Å²) in [4.78, 5) is 28.4. The number of benzene rings is 1. The number of nitrogens with one attached hydrogen (secondary N) is 1. The quantitative estimate of drug-likeness (QED) is 0.843. The Bertz CT molecular complexity index is 696. The van der Waals surface area contributed by atoms with Gasteiger partial charge in [0.2, 0.25) is 0 Å². The molecule has 1 aromatic carbocycles. The largest absolute Gasteiger partial charge is 0.346 e. The van der Waals surface area contributed by atoms with Gasteiger partial charge in [-0.05, 0) is 32.9 Å². The van der Waals surface area contributed by atoms with Gasteiger partial charge in [0.05, 0.1) is 11.0 Å². The Morgan fingerprint density at radius 1 is 1.26 bits per heavy atom. The van der Waals surface area contributed by atoms with Crippen LogP contribution >= 0.6 is 0 Å². The Kier molecular flexibility index (Phi) is 3.14. The summed E-state index contributed by atoms with van der Waals surface area (Å²) in [5.41, 5.74) is 0.468.